The summed E-state index contributed by atoms with van der Waals surface area (Å²) in [6.07, 6.45) is 2.56. The maximum absolute atomic E-state index is 5.09. The lowest BCUT2D eigenvalue weighted by Crippen LogP contribution is -1.84. The van der Waals surface area contributed by atoms with Crippen molar-refractivity contribution in [2.75, 3.05) is 11.5 Å². The molecule has 0 aromatic carbocycles. The van der Waals surface area contributed by atoms with E-state index in [9.17, 15) is 0 Å². The van der Waals surface area contributed by atoms with Gasteiger partial charge < -0.3 is 0 Å². The van der Waals surface area contributed by atoms with E-state index in [0.29, 0.717) is 0 Å². The number of thioether (sulfide) groups is 2. The van der Waals surface area contributed by atoms with Gasteiger partial charge in [-0.05, 0) is 17.9 Å². The summed E-state index contributed by atoms with van der Waals surface area (Å²) in [5.74, 6) is 2.31. The van der Waals surface area contributed by atoms with Gasteiger partial charge in [-0.3, -0.25) is 0 Å². The Kier molecular flexibility index (Phi) is 8.52. The van der Waals surface area contributed by atoms with Gasteiger partial charge in [-0.15, -0.1) is 23.5 Å². The Morgan fingerprint density at radius 2 is 2.00 bits per heavy atom. The zero-order chi connectivity index (χ0) is 7.82. The zero-order valence-corrected chi connectivity index (χ0v) is 9.00. The van der Waals surface area contributed by atoms with Crippen LogP contribution in [-0.2, 0) is 0 Å². The Hall–Kier alpha value is 0.790. The maximum Gasteiger partial charge on any atom is 0.104 e. The highest BCUT2D eigenvalue weighted by atomic mass is 32.2. The highest BCUT2D eigenvalue weighted by Crippen LogP contribution is 2.17. The molecule has 10 heavy (non-hydrogen) atoms. The summed E-state index contributed by atoms with van der Waals surface area (Å²) >= 11 is 8.69. The van der Waals surface area contributed by atoms with Crippen molar-refractivity contribution in [3.05, 3.63) is 0 Å². The van der Waals surface area contributed by atoms with Crippen molar-refractivity contribution in [2.45, 2.75) is 26.7 Å². The van der Waals surface area contributed by atoms with Gasteiger partial charge in [0.15, 0.2) is 0 Å². The molecule has 0 spiro atoms. The average molecular weight is 194 g/mol. The molecule has 3 heteroatoms. The molecule has 0 rings (SSSR count). The van der Waals surface area contributed by atoms with E-state index in [0.717, 1.165) is 9.28 Å². The summed E-state index contributed by atoms with van der Waals surface area (Å²) in [6.45, 7) is 4.34. The smallest absolute Gasteiger partial charge is 0.104 e. The molecule has 0 saturated heterocycles. The van der Waals surface area contributed by atoms with Crippen LogP contribution in [0.4, 0.5) is 0 Å². The molecule has 0 atom stereocenters. The van der Waals surface area contributed by atoms with Crippen LogP contribution in [0.15, 0.2) is 0 Å². The Bertz CT molecular complexity index is 90.9. The molecule has 0 radical (unpaired) electrons. The molecule has 0 amide bonds. The van der Waals surface area contributed by atoms with Gasteiger partial charge in [0.1, 0.15) is 3.53 Å². The van der Waals surface area contributed by atoms with Gasteiger partial charge in [0.2, 0.25) is 0 Å². The van der Waals surface area contributed by atoms with Crippen molar-refractivity contribution in [1.29, 1.82) is 0 Å². The van der Waals surface area contributed by atoms with Crippen LogP contribution in [0.5, 0.6) is 0 Å². The summed E-state index contributed by atoms with van der Waals surface area (Å²) in [4.78, 5) is 0. The van der Waals surface area contributed by atoms with Gasteiger partial charge >= 0.3 is 0 Å². The third kappa shape index (κ3) is 6.90. The van der Waals surface area contributed by atoms with Crippen LogP contribution in [-0.4, -0.2) is 15.0 Å². The quantitative estimate of drug-likeness (QED) is 0.496. The molecule has 60 valence electrons. The second kappa shape index (κ2) is 7.89. The topological polar surface area (TPSA) is 0 Å². The fourth-order valence-electron chi connectivity index (χ4n) is 0.459. The normalized spacial score (nSPS) is 9.80. The van der Waals surface area contributed by atoms with E-state index in [1.807, 2.05) is 11.8 Å². The molecule has 0 aliphatic heterocycles. The van der Waals surface area contributed by atoms with Crippen LogP contribution >= 0.6 is 35.7 Å². The highest BCUT2D eigenvalue weighted by Gasteiger charge is 1.94. The molecule has 0 unspecified atom stereocenters. The van der Waals surface area contributed by atoms with Crippen molar-refractivity contribution >= 4 is 39.3 Å². The van der Waals surface area contributed by atoms with E-state index in [2.05, 4.69) is 13.8 Å². The van der Waals surface area contributed by atoms with E-state index in [-0.39, 0.29) is 0 Å². The van der Waals surface area contributed by atoms with Gasteiger partial charge in [0.25, 0.3) is 0 Å². The highest BCUT2D eigenvalue weighted by molar-refractivity contribution is 8.47. The van der Waals surface area contributed by atoms with Gasteiger partial charge in [-0.1, -0.05) is 32.5 Å². The lowest BCUT2D eigenvalue weighted by Gasteiger charge is -1.98. The first-order valence-electron chi connectivity index (χ1n) is 3.60. The van der Waals surface area contributed by atoms with Gasteiger partial charge in [0, 0.05) is 0 Å². The monoisotopic (exact) mass is 194 g/mol. The van der Waals surface area contributed by atoms with Crippen molar-refractivity contribution in [2.24, 2.45) is 0 Å². The Morgan fingerprint density at radius 1 is 1.30 bits per heavy atom. The van der Waals surface area contributed by atoms with Crippen LogP contribution in [0.3, 0.4) is 0 Å². The van der Waals surface area contributed by atoms with Crippen LogP contribution in [0, 0.1) is 0 Å². The number of rotatable bonds is 4. The summed E-state index contributed by atoms with van der Waals surface area (Å²) in [5.41, 5.74) is 0. The lowest BCUT2D eigenvalue weighted by molar-refractivity contribution is 0.898. The minimum absolute atomic E-state index is 1.11. The van der Waals surface area contributed by atoms with Crippen LogP contribution in [0.2, 0.25) is 0 Å². The van der Waals surface area contributed by atoms with Crippen molar-refractivity contribution in [3.63, 3.8) is 0 Å². The van der Waals surface area contributed by atoms with E-state index in [1.165, 1.54) is 18.6 Å². The lowest BCUT2D eigenvalue weighted by atomic mass is 10.4. The van der Waals surface area contributed by atoms with Crippen molar-refractivity contribution in [1.82, 2.24) is 0 Å². The standard InChI is InChI=1S/C7H14S3/c1-3-5-6-10-7(8)9-4-2/h3-6H2,1-2H3. The minimum Gasteiger partial charge on any atom is -0.108 e. The van der Waals surface area contributed by atoms with E-state index >= 15 is 0 Å². The molecule has 0 bridgehead atoms. The molecular weight excluding hydrogens is 180 g/mol. The predicted molar refractivity (Wildman–Crippen MR) is 58.1 cm³/mol. The second-order valence-corrected chi connectivity index (χ2v) is 5.45. The van der Waals surface area contributed by atoms with Crippen molar-refractivity contribution < 1.29 is 0 Å². The first-order valence-corrected chi connectivity index (χ1v) is 5.98. The molecular formula is C7H14S3. The fraction of sp³-hybridized carbons (Fsp3) is 0.857. The molecule has 0 fully saturated rings. The second-order valence-electron chi connectivity index (χ2n) is 1.89. The molecule has 0 nitrogen and oxygen atoms in total. The van der Waals surface area contributed by atoms with Gasteiger partial charge in [-0.25, -0.2) is 0 Å². The molecule has 0 heterocycles. The Morgan fingerprint density at radius 3 is 2.50 bits per heavy atom. The zero-order valence-electron chi connectivity index (χ0n) is 6.55. The Labute approximate surface area is 77.5 Å². The van der Waals surface area contributed by atoms with E-state index < -0.39 is 0 Å². The summed E-state index contributed by atoms with van der Waals surface area (Å²) < 4.78 is 1.11. The number of unbranched alkanes of at least 4 members (excludes halogenated alkanes) is 1. The van der Waals surface area contributed by atoms with Gasteiger partial charge in [-0.2, -0.15) is 0 Å². The summed E-state index contributed by atoms with van der Waals surface area (Å²) in [5, 5.41) is 0. The van der Waals surface area contributed by atoms with Gasteiger partial charge in [0.05, 0.1) is 0 Å². The fourth-order valence-corrected chi connectivity index (χ4v) is 2.84. The Balaban J connectivity index is 3.05. The van der Waals surface area contributed by atoms with Crippen LogP contribution in [0.25, 0.3) is 0 Å². The summed E-state index contributed by atoms with van der Waals surface area (Å²) in [7, 11) is 0. The first-order chi connectivity index (χ1) is 4.81. The third-order valence-corrected chi connectivity index (χ3v) is 3.65. The van der Waals surface area contributed by atoms with Crippen molar-refractivity contribution in [3.8, 4) is 0 Å². The molecule has 0 saturated carbocycles. The molecule has 0 N–H and O–H groups in total. The first kappa shape index (κ1) is 10.8. The minimum atomic E-state index is 1.11. The van der Waals surface area contributed by atoms with Crippen LogP contribution in [0.1, 0.15) is 26.7 Å². The van der Waals surface area contributed by atoms with Crippen LogP contribution < -0.4 is 0 Å². The summed E-state index contributed by atoms with van der Waals surface area (Å²) in [6, 6.07) is 0. The third-order valence-electron chi connectivity index (χ3n) is 0.980. The number of hydrogen-bond donors (Lipinski definition) is 0. The van der Waals surface area contributed by atoms with E-state index in [1.54, 1.807) is 11.8 Å². The molecule has 0 aromatic rings. The average Bonchev–Trinajstić information content (AvgIpc) is 1.89. The largest absolute Gasteiger partial charge is 0.108 e. The predicted octanol–water partition coefficient (Wildman–Crippen LogP) is 3.56. The number of thiocarbonyl (C=S) groups is 1. The molecule has 0 aliphatic carbocycles. The molecule has 0 aliphatic rings. The number of hydrogen-bond acceptors (Lipinski definition) is 3. The maximum atomic E-state index is 5.09. The SMILES string of the molecule is CCCCSC(=S)SCC. The van der Waals surface area contributed by atoms with E-state index in [4.69, 9.17) is 12.2 Å². The molecule has 0 aromatic heterocycles.